The summed E-state index contributed by atoms with van der Waals surface area (Å²) in [7, 11) is 0. The SMILES string of the molecule is O=Cc1ccc(Cl)cc1Cc1ccnc2ccccc12. The number of hydrogen-bond acceptors (Lipinski definition) is 2. The van der Waals surface area contributed by atoms with Gasteiger partial charge in [0, 0.05) is 22.2 Å². The Morgan fingerprint density at radius 2 is 1.90 bits per heavy atom. The summed E-state index contributed by atoms with van der Waals surface area (Å²) in [6.45, 7) is 0. The fraction of sp³-hybridized carbons (Fsp3) is 0.0588. The summed E-state index contributed by atoms with van der Waals surface area (Å²) >= 11 is 6.03. The molecule has 0 saturated carbocycles. The number of aldehydes is 1. The summed E-state index contributed by atoms with van der Waals surface area (Å²) in [6.07, 6.45) is 3.33. The van der Waals surface area contributed by atoms with E-state index in [-0.39, 0.29) is 0 Å². The van der Waals surface area contributed by atoms with E-state index < -0.39 is 0 Å². The molecule has 0 bridgehead atoms. The highest BCUT2D eigenvalue weighted by Gasteiger charge is 2.07. The molecule has 0 fully saturated rings. The Morgan fingerprint density at radius 1 is 1.05 bits per heavy atom. The minimum absolute atomic E-state index is 0.643. The molecule has 0 radical (unpaired) electrons. The molecule has 0 saturated heterocycles. The molecule has 1 aromatic heterocycles. The molecule has 2 nitrogen and oxygen atoms in total. The van der Waals surface area contributed by atoms with Crippen LogP contribution in [0.4, 0.5) is 0 Å². The van der Waals surface area contributed by atoms with Gasteiger partial charge < -0.3 is 0 Å². The molecule has 0 atom stereocenters. The van der Waals surface area contributed by atoms with Gasteiger partial charge in [-0.3, -0.25) is 9.78 Å². The van der Waals surface area contributed by atoms with Crippen LogP contribution >= 0.6 is 11.6 Å². The molecule has 0 aliphatic rings. The van der Waals surface area contributed by atoms with Gasteiger partial charge in [0.1, 0.15) is 6.29 Å². The lowest BCUT2D eigenvalue weighted by atomic mass is 9.98. The lowest BCUT2D eigenvalue weighted by molar-refractivity contribution is 0.112. The number of nitrogens with zero attached hydrogens (tertiary/aromatic N) is 1. The first-order valence-electron chi connectivity index (χ1n) is 6.34. The molecular weight excluding hydrogens is 270 g/mol. The Kier molecular flexibility index (Phi) is 3.48. The van der Waals surface area contributed by atoms with Crippen LogP contribution in [0.2, 0.25) is 5.02 Å². The molecule has 0 aliphatic carbocycles. The highest BCUT2D eigenvalue weighted by molar-refractivity contribution is 6.30. The average Bonchev–Trinajstić information content (AvgIpc) is 2.48. The molecule has 0 N–H and O–H groups in total. The van der Waals surface area contributed by atoms with E-state index in [2.05, 4.69) is 4.98 Å². The zero-order valence-corrected chi connectivity index (χ0v) is 11.5. The first-order chi connectivity index (χ1) is 9.78. The molecule has 2 aromatic carbocycles. The van der Waals surface area contributed by atoms with Crippen molar-refractivity contribution < 1.29 is 4.79 Å². The minimum atomic E-state index is 0.643. The number of halogens is 1. The van der Waals surface area contributed by atoms with Crippen molar-refractivity contribution in [2.24, 2.45) is 0 Å². The number of para-hydroxylation sites is 1. The van der Waals surface area contributed by atoms with Crippen LogP contribution in [0.1, 0.15) is 21.5 Å². The van der Waals surface area contributed by atoms with Gasteiger partial charge in [0.05, 0.1) is 5.52 Å². The van der Waals surface area contributed by atoms with Gasteiger partial charge in [0.2, 0.25) is 0 Å². The zero-order chi connectivity index (χ0) is 13.9. The van der Waals surface area contributed by atoms with Crippen molar-refractivity contribution in [3.05, 3.63) is 76.4 Å². The van der Waals surface area contributed by atoms with Gasteiger partial charge in [-0.15, -0.1) is 0 Å². The molecule has 0 spiro atoms. The normalized spacial score (nSPS) is 10.7. The number of rotatable bonds is 3. The van der Waals surface area contributed by atoms with Gasteiger partial charge in [-0.1, -0.05) is 29.8 Å². The quantitative estimate of drug-likeness (QED) is 0.670. The summed E-state index contributed by atoms with van der Waals surface area (Å²) in [4.78, 5) is 15.5. The third kappa shape index (κ3) is 2.43. The van der Waals surface area contributed by atoms with Crippen molar-refractivity contribution in [3.8, 4) is 0 Å². The largest absolute Gasteiger partial charge is 0.298 e. The number of carbonyl (C=O) groups excluding carboxylic acids is 1. The lowest BCUT2D eigenvalue weighted by Gasteiger charge is -2.08. The maximum Gasteiger partial charge on any atom is 0.150 e. The van der Waals surface area contributed by atoms with E-state index in [4.69, 9.17) is 11.6 Å². The average molecular weight is 282 g/mol. The summed E-state index contributed by atoms with van der Waals surface area (Å²) in [6, 6.07) is 15.3. The zero-order valence-electron chi connectivity index (χ0n) is 10.7. The Bertz CT molecular complexity index is 778. The number of benzene rings is 2. The Morgan fingerprint density at radius 3 is 2.75 bits per heavy atom. The predicted molar refractivity (Wildman–Crippen MR) is 81.4 cm³/mol. The second-order valence-corrected chi connectivity index (χ2v) is 5.06. The van der Waals surface area contributed by atoms with Crippen molar-refractivity contribution in [1.29, 1.82) is 0 Å². The second-order valence-electron chi connectivity index (χ2n) is 4.62. The van der Waals surface area contributed by atoms with Gasteiger partial charge in [-0.25, -0.2) is 0 Å². The molecule has 20 heavy (non-hydrogen) atoms. The van der Waals surface area contributed by atoms with E-state index in [1.807, 2.05) is 36.4 Å². The standard InChI is InChI=1S/C17H12ClNO/c18-15-6-5-13(11-20)14(10-15)9-12-7-8-19-17-4-2-1-3-16(12)17/h1-8,10-11H,9H2. The summed E-state index contributed by atoms with van der Waals surface area (Å²) < 4.78 is 0. The summed E-state index contributed by atoms with van der Waals surface area (Å²) in [5.74, 6) is 0. The van der Waals surface area contributed by atoms with E-state index in [1.54, 1.807) is 18.3 Å². The van der Waals surface area contributed by atoms with Crippen LogP contribution in [0.5, 0.6) is 0 Å². The molecule has 3 aromatic rings. The number of fused-ring (bicyclic) bond motifs is 1. The van der Waals surface area contributed by atoms with Crippen molar-refractivity contribution in [2.75, 3.05) is 0 Å². The van der Waals surface area contributed by atoms with Crippen LogP contribution in [0.25, 0.3) is 10.9 Å². The van der Waals surface area contributed by atoms with Crippen LogP contribution in [0.3, 0.4) is 0 Å². The fourth-order valence-corrected chi connectivity index (χ4v) is 2.55. The molecule has 98 valence electrons. The van der Waals surface area contributed by atoms with Crippen LogP contribution < -0.4 is 0 Å². The fourth-order valence-electron chi connectivity index (χ4n) is 2.36. The third-order valence-corrected chi connectivity index (χ3v) is 3.59. The van der Waals surface area contributed by atoms with Crippen molar-refractivity contribution in [2.45, 2.75) is 6.42 Å². The summed E-state index contributed by atoms with van der Waals surface area (Å²) in [5, 5.41) is 1.75. The minimum Gasteiger partial charge on any atom is -0.298 e. The summed E-state index contributed by atoms with van der Waals surface area (Å²) in [5.41, 5.74) is 3.71. The highest BCUT2D eigenvalue weighted by Crippen LogP contribution is 2.22. The third-order valence-electron chi connectivity index (χ3n) is 3.35. The number of pyridine rings is 1. The van der Waals surface area contributed by atoms with Gasteiger partial charge in [0.25, 0.3) is 0 Å². The predicted octanol–water partition coefficient (Wildman–Crippen LogP) is 4.29. The van der Waals surface area contributed by atoms with Crippen LogP contribution in [-0.4, -0.2) is 11.3 Å². The maximum atomic E-state index is 11.1. The Hall–Kier alpha value is -2.19. The molecule has 1 heterocycles. The molecule has 3 heteroatoms. The number of carbonyl (C=O) groups is 1. The van der Waals surface area contributed by atoms with Gasteiger partial charge in [-0.2, -0.15) is 0 Å². The number of aromatic nitrogens is 1. The Labute approximate surface area is 122 Å². The van der Waals surface area contributed by atoms with Crippen molar-refractivity contribution >= 4 is 28.8 Å². The molecule has 0 unspecified atom stereocenters. The maximum absolute atomic E-state index is 11.1. The molecule has 3 rings (SSSR count). The van der Waals surface area contributed by atoms with Crippen molar-refractivity contribution in [1.82, 2.24) is 4.98 Å². The van der Waals surface area contributed by atoms with Gasteiger partial charge in [-0.05, 0) is 47.9 Å². The second kappa shape index (κ2) is 5.43. The van der Waals surface area contributed by atoms with Gasteiger partial charge >= 0.3 is 0 Å². The first kappa shape index (κ1) is 12.8. The van der Waals surface area contributed by atoms with E-state index in [0.29, 0.717) is 17.0 Å². The smallest absolute Gasteiger partial charge is 0.150 e. The highest BCUT2D eigenvalue weighted by atomic mass is 35.5. The van der Waals surface area contributed by atoms with Crippen LogP contribution in [-0.2, 0) is 6.42 Å². The number of hydrogen-bond donors (Lipinski definition) is 0. The van der Waals surface area contributed by atoms with Gasteiger partial charge in [0.15, 0.2) is 0 Å². The lowest BCUT2D eigenvalue weighted by Crippen LogP contribution is -1.96. The van der Waals surface area contributed by atoms with Crippen LogP contribution in [0.15, 0.2) is 54.7 Å². The Balaban J connectivity index is 2.10. The molecular formula is C17H12ClNO. The first-order valence-corrected chi connectivity index (χ1v) is 6.72. The van der Waals surface area contributed by atoms with E-state index in [0.717, 1.165) is 28.3 Å². The monoisotopic (exact) mass is 281 g/mol. The van der Waals surface area contributed by atoms with E-state index in [9.17, 15) is 4.79 Å². The molecule has 0 aliphatic heterocycles. The van der Waals surface area contributed by atoms with E-state index >= 15 is 0 Å². The van der Waals surface area contributed by atoms with Crippen LogP contribution in [0, 0.1) is 0 Å². The topological polar surface area (TPSA) is 30.0 Å². The van der Waals surface area contributed by atoms with Crippen molar-refractivity contribution in [3.63, 3.8) is 0 Å². The van der Waals surface area contributed by atoms with E-state index in [1.165, 1.54) is 0 Å². The molecule has 0 amide bonds.